The number of anilines is 1. The molecule has 4 nitrogen and oxygen atoms in total. The summed E-state index contributed by atoms with van der Waals surface area (Å²) < 4.78 is 10.3. The Morgan fingerprint density at radius 2 is 2.12 bits per heavy atom. The number of hydrogen-bond acceptors (Lipinski definition) is 3. The van der Waals surface area contributed by atoms with Gasteiger partial charge in [-0.2, -0.15) is 0 Å². The minimum Gasteiger partial charge on any atom is -0.377 e. The van der Waals surface area contributed by atoms with Crippen LogP contribution in [0.1, 0.15) is 19.4 Å². The van der Waals surface area contributed by atoms with E-state index in [0.29, 0.717) is 13.2 Å². The van der Waals surface area contributed by atoms with Crippen molar-refractivity contribution in [3.63, 3.8) is 0 Å². The minimum absolute atomic E-state index is 0.156. The molecule has 1 aromatic rings. The predicted octanol–water partition coefficient (Wildman–Crippen LogP) is 2.20. The van der Waals surface area contributed by atoms with E-state index in [-0.39, 0.29) is 5.91 Å². The monoisotopic (exact) mass is 237 g/mol. The number of para-hydroxylation sites is 1. The zero-order valence-corrected chi connectivity index (χ0v) is 10.5. The smallest absolute Gasteiger partial charge is 0.253 e. The molecule has 17 heavy (non-hydrogen) atoms. The summed E-state index contributed by atoms with van der Waals surface area (Å²) in [7, 11) is 1.51. The highest BCUT2D eigenvalue weighted by Crippen LogP contribution is 2.16. The zero-order chi connectivity index (χ0) is 12.7. The fraction of sp³-hybridized carbons (Fsp3) is 0.462. The molecule has 0 aromatic heterocycles. The van der Waals surface area contributed by atoms with Crippen molar-refractivity contribution >= 4 is 11.6 Å². The van der Waals surface area contributed by atoms with Gasteiger partial charge in [0.1, 0.15) is 6.10 Å². The minimum atomic E-state index is -0.463. The number of carbonyl (C=O) groups excluding carboxylic acids is 1. The molecular weight excluding hydrogens is 218 g/mol. The van der Waals surface area contributed by atoms with Crippen molar-refractivity contribution in [3.05, 3.63) is 29.8 Å². The van der Waals surface area contributed by atoms with Crippen molar-refractivity contribution in [2.24, 2.45) is 0 Å². The van der Waals surface area contributed by atoms with Gasteiger partial charge in [0.25, 0.3) is 5.91 Å². The normalized spacial score (nSPS) is 12.2. The summed E-state index contributed by atoms with van der Waals surface area (Å²) in [5, 5.41) is 2.83. The second kappa shape index (κ2) is 7.04. The van der Waals surface area contributed by atoms with E-state index in [1.807, 2.05) is 31.2 Å². The van der Waals surface area contributed by atoms with Crippen LogP contribution in [0.5, 0.6) is 0 Å². The molecular formula is C13H19NO3. The summed E-state index contributed by atoms with van der Waals surface area (Å²) in [4.78, 5) is 11.7. The summed E-state index contributed by atoms with van der Waals surface area (Å²) in [5.74, 6) is -0.156. The largest absolute Gasteiger partial charge is 0.377 e. The highest BCUT2D eigenvalue weighted by Gasteiger charge is 2.13. The van der Waals surface area contributed by atoms with E-state index in [9.17, 15) is 4.79 Å². The van der Waals surface area contributed by atoms with Crippen LogP contribution in [0.2, 0.25) is 0 Å². The molecule has 0 radical (unpaired) electrons. The zero-order valence-electron chi connectivity index (χ0n) is 10.5. The van der Waals surface area contributed by atoms with E-state index in [2.05, 4.69) is 5.32 Å². The maximum atomic E-state index is 11.7. The van der Waals surface area contributed by atoms with E-state index < -0.39 is 6.10 Å². The fourth-order valence-corrected chi connectivity index (χ4v) is 1.32. The Morgan fingerprint density at radius 1 is 1.41 bits per heavy atom. The van der Waals surface area contributed by atoms with Crippen LogP contribution in [0.4, 0.5) is 5.69 Å². The molecule has 1 atom stereocenters. The Balaban J connectivity index is 2.72. The van der Waals surface area contributed by atoms with E-state index in [0.717, 1.165) is 11.3 Å². The van der Waals surface area contributed by atoms with Gasteiger partial charge >= 0.3 is 0 Å². The third kappa shape index (κ3) is 4.17. The van der Waals surface area contributed by atoms with Gasteiger partial charge in [-0.1, -0.05) is 18.2 Å². The van der Waals surface area contributed by atoms with Gasteiger partial charge in [-0.25, -0.2) is 0 Å². The quantitative estimate of drug-likeness (QED) is 0.825. The van der Waals surface area contributed by atoms with Gasteiger partial charge in [0.2, 0.25) is 0 Å². The van der Waals surface area contributed by atoms with Crippen molar-refractivity contribution in [3.8, 4) is 0 Å². The average Bonchev–Trinajstić information content (AvgIpc) is 2.36. The molecule has 0 fully saturated rings. The molecule has 1 aromatic carbocycles. The lowest BCUT2D eigenvalue weighted by atomic mass is 10.2. The third-order valence-corrected chi connectivity index (χ3v) is 2.46. The highest BCUT2D eigenvalue weighted by atomic mass is 16.5. The first kappa shape index (κ1) is 13.7. The number of ether oxygens (including phenoxy) is 2. The van der Waals surface area contributed by atoms with Crippen molar-refractivity contribution in [2.45, 2.75) is 26.6 Å². The Labute approximate surface area is 102 Å². The molecule has 0 heterocycles. The number of benzene rings is 1. The first-order valence-corrected chi connectivity index (χ1v) is 5.68. The van der Waals surface area contributed by atoms with Gasteiger partial charge in [-0.3, -0.25) is 4.79 Å². The Hall–Kier alpha value is -1.39. The number of carbonyl (C=O) groups is 1. The Bertz CT molecular complexity index is 365. The summed E-state index contributed by atoms with van der Waals surface area (Å²) in [6.07, 6.45) is -0.463. The summed E-state index contributed by atoms with van der Waals surface area (Å²) in [6.45, 7) is 4.79. The molecule has 0 aliphatic carbocycles. The molecule has 0 spiro atoms. The van der Waals surface area contributed by atoms with Crippen LogP contribution in [-0.4, -0.2) is 25.7 Å². The number of amides is 1. The van der Waals surface area contributed by atoms with E-state index in [4.69, 9.17) is 9.47 Å². The summed E-state index contributed by atoms with van der Waals surface area (Å²) in [5.41, 5.74) is 1.74. The van der Waals surface area contributed by atoms with Crippen LogP contribution in [0.15, 0.2) is 24.3 Å². The van der Waals surface area contributed by atoms with E-state index >= 15 is 0 Å². The lowest BCUT2D eigenvalue weighted by Gasteiger charge is -2.13. The second-order valence-electron chi connectivity index (χ2n) is 3.66. The van der Waals surface area contributed by atoms with Gasteiger partial charge in [0.05, 0.1) is 6.61 Å². The number of hydrogen-bond donors (Lipinski definition) is 1. The van der Waals surface area contributed by atoms with Gasteiger partial charge < -0.3 is 14.8 Å². The van der Waals surface area contributed by atoms with E-state index in [1.54, 1.807) is 6.92 Å². The molecule has 4 heteroatoms. The number of rotatable bonds is 6. The molecule has 0 saturated heterocycles. The molecule has 0 aliphatic rings. The van der Waals surface area contributed by atoms with Gasteiger partial charge in [0, 0.05) is 25.0 Å². The summed E-state index contributed by atoms with van der Waals surface area (Å²) >= 11 is 0. The van der Waals surface area contributed by atoms with E-state index in [1.165, 1.54) is 7.11 Å². The van der Waals surface area contributed by atoms with Gasteiger partial charge in [-0.05, 0) is 19.9 Å². The number of nitrogens with one attached hydrogen (secondary N) is 1. The lowest BCUT2D eigenvalue weighted by Crippen LogP contribution is -2.27. The fourth-order valence-electron chi connectivity index (χ4n) is 1.32. The first-order valence-electron chi connectivity index (χ1n) is 5.68. The van der Waals surface area contributed by atoms with Crippen molar-refractivity contribution < 1.29 is 14.3 Å². The van der Waals surface area contributed by atoms with Crippen LogP contribution >= 0.6 is 0 Å². The Kier molecular flexibility index (Phi) is 5.66. The Morgan fingerprint density at radius 3 is 2.76 bits per heavy atom. The molecule has 1 rings (SSSR count). The van der Waals surface area contributed by atoms with Crippen LogP contribution in [0.25, 0.3) is 0 Å². The maximum absolute atomic E-state index is 11.7. The average molecular weight is 237 g/mol. The predicted molar refractivity (Wildman–Crippen MR) is 66.9 cm³/mol. The molecule has 1 N–H and O–H groups in total. The molecule has 1 amide bonds. The topological polar surface area (TPSA) is 47.6 Å². The molecule has 0 saturated carbocycles. The SMILES string of the molecule is CCOCc1ccccc1NC(=O)C(C)OC. The lowest BCUT2D eigenvalue weighted by molar-refractivity contribution is -0.124. The third-order valence-electron chi connectivity index (χ3n) is 2.46. The van der Waals surface area contributed by atoms with Crippen LogP contribution in [0.3, 0.4) is 0 Å². The van der Waals surface area contributed by atoms with Gasteiger partial charge in [0.15, 0.2) is 0 Å². The molecule has 1 unspecified atom stereocenters. The number of methoxy groups -OCH3 is 1. The van der Waals surface area contributed by atoms with Crippen molar-refractivity contribution in [1.82, 2.24) is 0 Å². The molecule has 0 bridgehead atoms. The van der Waals surface area contributed by atoms with Crippen molar-refractivity contribution in [2.75, 3.05) is 19.0 Å². The maximum Gasteiger partial charge on any atom is 0.253 e. The second-order valence-corrected chi connectivity index (χ2v) is 3.66. The highest BCUT2D eigenvalue weighted by molar-refractivity contribution is 5.94. The summed E-state index contributed by atoms with van der Waals surface area (Å²) in [6, 6.07) is 7.59. The molecule has 94 valence electrons. The van der Waals surface area contributed by atoms with Gasteiger partial charge in [-0.15, -0.1) is 0 Å². The van der Waals surface area contributed by atoms with Crippen LogP contribution in [-0.2, 0) is 20.9 Å². The van der Waals surface area contributed by atoms with Crippen molar-refractivity contribution in [1.29, 1.82) is 0 Å². The first-order chi connectivity index (χ1) is 8.19. The van der Waals surface area contributed by atoms with Crippen LogP contribution < -0.4 is 5.32 Å². The molecule has 0 aliphatic heterocycles. The van der Waals surface area contributed by atoms with Crippen LogP contribution in [0, 0.1) is 0 Å². The standard InChI is InChI=1S/C13H19NO3/c1-4-17-9-11-7-5-6-8-12(11)14-13(15)10(2)16-3/h5-8,10H,4,9H2,1-3H3,(H,14,15).